The van der Waals surface area contributed by atoms with Gasteiger partial charge in [0.1, 0.15) is 43.2 Å². The summed E-state index contributed by atoms with van der Waals surface area (Å²) in [5.74, 6) is -1.38. The monoisotopic (exact) mass is 1040 g/mol. The summed E-state index contributed by atoms with van der Waals surface area (Å²) in [6, 6.07) is 0. The van der Waals surface area contributed by atoms with Crippen molar-refractivity contribution >= 4 is 35.4 Å². The van der Waals surface area contributed by atoms with Crippen LogP contribution >= 0.6 is 23.5 Å². The van der Waals surface area contributed by atoms with E-state index in [0.29, 0.717) is 25.7 Å². The number of aliphatic hydroxyl groups is 3. The zero-order valence-electron chi connectivity index (χ0n) is 40.6. The highest BCUT2D eigenvalue weighted by atomic mass is 31.2. The molecule has 0 spiro atoms. The maximum absolute atomic E-state index is 13.1. The lowest BCUT2D eigenvalue weighted by Crippen LogP contribution is -2.65. The zero-order chi connectivity index (χ0) is 51.4. The largest absolute Gasteiger partial charge is 0.472 e. The normalized spacial score (nSPS) is 21.8. The van der Waals surface area contributed by atoms with Crippen molar-refractivity contribution in [3.05, 3.63) is 60.8 Å². The van der Waals surface area contributed by atoms with Crippen molar-refractivity contribution in [2.45, 2.75) is 211 Å². The number of rotatable bonds is 41. The van der Waals surface area contributed by atoms with Gasteiger partial charge in [-0.2, -0.15) is 0 Å². The van der Waals surface area contributed by atoms with E-state index in [1.807, 2.05) is 18.2 Å². The van der Waals surface area contributed by atoms with Crippen molar-refractivity contribution in [3.63, 3.8) is 0 Å². The van der Waals surface area contributed by atoms with Crippen LogP contribution in [0.5, 0.6) is 0 Å². The Hall–Kier alpha value is -2.15. The van der Waals surface area contributed by atoms with Gasteiger partial charge < -0.3 is 49.3 Å². The van der Waals surface area contributed by atoms with Crippen LogP contribution in [0.4, 0.5) is 0 Å². The van der Waals surface area contributed by atoms with Gasteiger partial charge >= 0.3 is 35.4 Å². The van der Waals surface area contributed by atoms with Crippen molar-refractivity contribution in [2.24, 2.45) is 0 Å². The van der Waals surface area contributed by atoms with Gasteiger partial charge in [0.25, 0.3) is 0 Å². The summed E-state index contributed by atoms with van der Waals surface area (Å²) >= 11 is 0. The van der Waals surface area contributed by atoms with Crippen LogP contribution < -0.4 is 0 Å². The minimum absolute atomic E-state index is 0.0563. The maximum Gasteiger partial charge on any atom is 0.472 e. The molecule has 0 aromatic heterocycles. The standard InChI is InChI=1S/C47H83O19P3/c1-3-5-7-9-11-13-15-17-19-20-22-24-26-28-30-32-34-36-41(49)63-39(37-61-40(48)35-33-31-29-27-25-23-21-18-16-14-12-10-8-6-4-2)38-62-69(59,60)66-45-42(50)43(51)46(64-67(53,54)55)47(44(45)52)65-68(56,57)58/h11,13,17-19,21-22,24,28,30,39,42-47,50-52H,3-10,12,14-16,20,23,25-27,29,31-38H2,1-2H3,(H,59,60)(H2,53,54,55)(H2,56,57,58)/b13-11-,19-17-,21-18-,24-22-,30-28-/t39-,42?,43?,44?,45+,46?,47+/m1/s1. The summed E-state index contributed by atoms with van der Waals surface area (Å²) in [4.78, 5) is 73.2. The summed E-state index contributed by atoms with van der Waals surface area (Å²) < 4.78 is 65.4. The molecule has 0 heterocycles. The van der Waals surface area contributed by atoms with Gasteiger partial charge in [-0.25, -0.2) is 13.7 Å². The van der Waals surface area contributed by atoms with Crippen molar-refractivity contribution in [1.29, 1.82) is 0 Å². The smallest absolute Gasteiger partial charge is 0.462 e. The van der Waals surface area contributed by atoms with Crippen molar-refractivity contribution in [2.75, 3.05) is 13.2 Å². The number of ether oxygens (including phenoxy) is 2. The highest BCUT2D eigenvalue weighted by Gasteiger charge is 2.56. The van der Waals surface area contributed by atoms with Gasteiger partial charge in [-0.3, -0.25) is 27.7 Å². The van der Waals surface area contributed by atoms with E-state index in [4.69, 9.17) is 18.5 Å². The first-order valence-electron chi connectivity index (χ1n) is 24.6. The third-order valence-corrected chi connectivity index (χ3v) is 12.8. The lowest BCUT2D eigenvalue weighted by atomic mass is 9.85. The Morgan fingerprint density at radius 1 is 0.464 bits per heavy atom. The fourth-order valence-corrected chi connectivity index (χ4v) is 9.19. The van der Waals surface area contributed by atoms with Crippen molar-refractivity contribution in [1.82, 2.24) is 0 Å². The molecule has 0 bridgehead atoms. The lowest BCUT2D eigenvalue weighted by molar-refractivity contribution is -0.213. The number of phosphoric ester groups is 3. The van der Waals surface area contributed by atoms with Crippen LogP contribution in [0, 0.1) is 0 Å². The molecule has 1 aliphatic rings. The topological polar surface area (TPSA) is 303 Å². The summed E-state index contributed by atoms with van der Waals surface area (Å²) in [6.07, 6.45) is 26.7. The first-order valence-corrected chi connectivity index (χ1v) is 29.1. The van der Waals surface area contributed by atoms with Gasteiger partial charge in [-0.15, -0.1) is 0 Å². The molecule has 1 rings (SSSR count). The molecule has 69 heavy (non-hydrogen) atoms. The minimum atomic E-state index is -5.61. The summed E-state index contributed by atoms with van der Waals surface area (Å²) in [5, 5.41) is 31.9. The van der Waals surface area contributed by atoms with E-state index < -0.39 is 91.3 Å². The number of phosphoric acid groups is 3. The summed E-state index contributed by atoms with van der Waals surface area (Å²) in [7, 11) is -16.6. The number of aliphatic hydroxyl groups excluding tert-OH is 3. The average Bonchev–Trinajstić information content (AvgIpc) is 3.28. The van der Waals surface area contributed by atoms with Gasteiger partial charge in [-0.1, -0.05) is 139 Å². The number of esters is 2. The van der Waals surface area contributed by atoms with Gasteiger partial charge in [0.05, 0.1) is 6.61 Å². The highest BCUT2D eigenvalue weighted by molar-refractivity contribution is 7.47. The van der Waals surface area contributed by atoms with Crippen molar-refractivity contribution < 1.29 is 90.6 Å². The van der Waals surface area contributed by atoms with Crippen LogP contribution in [0.15, 0.2) is 60.8 Å². The molecule has 22 heteroatoms. The predicted octanol–water partition coefficient (Wildman–Crippen LogP) is 9.18. The highest BCUT2D eigenvalue weighted by Crippen LogP contribution is 2.51. The Morgan fingerprint density at radius 3 is 1.38 bits per heavy atom. The van der Waals surface area contributed by atoms with Gasteiger partial charge in [0.2, 0.25) is 0 Å². The molecular formula is C47H83O19P3. The van der Waals surface area contributed by atoms with Crippen LogP contribution in [0.1, 0.15) is 168 Å². The molecule has 0 amide bonds. The fraction of sp³-hybridized carbons (Fsp3) is 0.745. The van der Waals surface area contributed by atoms with Crippen LogP contribution in [0.2, 0.25) is 0 Å². The Morgan fingerprint density at radius 2 is 0.855 bits per heavy atom. The Balaban J connectivity index is 2.77. The molecule has 8 N–H and O–H groups in total. The van der Waals surface area contributed by atoms with E-state index in [9.17, 15) is 63.1 Å². The Kier molecular flexibility index (Phi) is 36.2. The van der Waals surface area contributed by atoms with Crippen LogP contribution in [-0.2, 0) is 50.9 Å². The van der Waals surface area contributed by atoms with E-state index in [1.54, 1.807) is 0 Å². The third-order valence-electron chi connectivity index (χ3n) is 10.8. The average molecular weight is 1050 g/mol. The third kappa shape index (κ3) is 34.8. The molecule has 5 unspecified atom stereocenters. The summed E-state index contributed by atoms with van der Waals surface area (Å²) in [5.41, 5.74) is 0. The molecule has 0 radical (unpaired) electrons. The molecule has 19 nitrogen and oxygen atoms in total. The number of carbonyl (C=O) groups is 2. The lowest BCUT2D eigenvalue weighted by Gasteiger charge is -2.44. The Bertz CT molecular complexity index is 1670. The van der Waals surface area contributed by atoms with E-state index >= 15 is 0 Å². The van der Waals surface area contributed by atoms with Gasteiger partial charge in [0, 0.05) is 12.8 Å². The minimum Gasteiger partial charge on any atom is -0.462 e. The first kappa shape index (κ1) is 64.9. The van der Waals surface area contributed by atoms with E-state index in [2.05, 4.69) is 65.4 Å². The van der Waals surface area contributed by atoms with E-state index in [-0.39, 0.29) is 12.8 Å². The molecule has 0 saturated heterocycles. The second kappa shape index (κ2) is 38.5. The number of carbonyl (C=O) groups excluding carboxylic acids is 2. The maximum atomic E-state index is 13.1. The fourth-order valence-electron chi connectivity index (χ4n) is 7.10. The van der Waals surface area contributed by atoms with Crippen LogP contribution in [0.25, 0.3) is 0 Å². The summed E-state index contributed by atoms with van der Waals surface area (Å²) in [6.45, 7) is 2.86. The second-order valence-corrected chi connectivity index (χ2v) is 20.8. The molecule has 1 aliphatic carbocycles. The Labute approximate surface area is 409 Å². The van der Waals surface area contributed by atoms with Gasteiger partial charge in [-0.05, 0) is 77.0 Å². The second-order valence-electron chi connectivity index (χ2n) is 17.0. The quantitative estimate of drug-likeness (QED) is 0.0122. The number of hydrogen-bond donors (Lipinski definition) is 8. The number of hydrogen-bond acceptors (Lipinski definition) is 14. The van der Waals surface area contributed by atoms with Crippen LogP contribution in [0.3, 0.4) is 0 Å². The molecule has 0 aliphatic heterocycles. The van der Waals surface area contributed by atoms with Gasteiger partial charge in [0.15, 0.2) is 6.10 Å². The molecular weight excluding hydrogens is 961 g/mol. The SMILES string of the molecule is CCCCC/C=C\C/C=C\C/C=C\C/C=C\CCCC(=O)O[C@H](COC(=O)CCCCCCC/C=C\CCCCCCCC)COP(=O)(O)O[C@H]1C(O)C(O)C(OP(=O)(O)O)[C@@H](OP(=O)(O)O)C1O. The van der Waals surface area contributed by atoms with E-state index in [1.165, 1.54) is 57.8 Å². The molecule has 1 saturated carbocycles. The molecule has 400 valence electrons. The number of allylic oxidation sites excluding steroid dienone is 10. The van der Waals surface area contributed by atoms with Crippen LogP contribution in [-0.4, -0.2) is 108 Å². The molecule has 0 aromatic rings. The molecule has 8 atom stereocenters. The molecule has 0 aromatic carbocycles. The van der Waals surface area contributed by atoms with E-state index in [0.717, 1.165) is 57.8 Å². The molecule has 1 fully saturated rings. The van der Waals surface area contributed by atoms with Crippen molar-refractivity contribution in [3.8, 4) is 0 Å². The predicted molar refractivity (Wildman–Crippen MR) is 261 cm³/mol. The first-order chi connectivity index (χ1) is 32.8. The zero-order valence-corrected chi connectivity index (χ0v) is 43.3. The number of unbranched alkanes of at least 4 members (excludes halogenated alkanes) is 15.